The molecule has 0 spiro atoms. The Balaban J connectivity index is 1.85. The summed E-state index contributed by atoms with van der Waals surface area (Å²) >= 11 is 0. The molecule has 1 aliphatic heterocycles. The number of nitrogens with two attached hydrogens (primary N) is 1. The molecule has 0 aliphatic carbocycles. The van der Waals surface area contributed by atoms with Crippen LogP contribution in [0.15, 0.2) is 18.2 Å². The Bertz CT molecular complexity index is 372. The lowest BCUT2D eigenvalue weighted by atomic mass is 10.1. The summed E-state index contributed by atoms with van der Waals surface area (Å²) < 4.78 is 5.94. The van der Waals surface area contributed by atoms with Gasteiger partial charge in [-0.3, -0.25) is 4.90 Å². The molecule has 1 aromatic carbocycles. The van der Waals surface area contributed by atoms with Gasteiger partial charge in [0.25, 0.3) is 0 Å². The van der Waals surface area contributed by atoms with Gasteiger partial charge in [-0.25, -0.2) is 0 Å². The molecule has 0 amide bonds. The largest absolute Gasteiger partial charge is 0.492 e. The van der Waals surface area contributed by atoms with Crippen molar-refractivity contribution in [2.75, 3.05) is 26.2 Å². The highest BCUT2D eigenvalue weighted by molar-refractivity contribution is 5.39. The van der Waals surface area contributed by atoms with Crippen LogP contribution in [0.25, 0.3) is 0 Å². The number of benzene rings is 1. The molecule has 1 unspecified atom stereocenters. The quantitative estimate of drug-likeness (QED) is 0.867. The van der Waals surface area contributed by atoms with Crippen LogP contribution in [0.3, 0.4) is 0 Å². The molecular formula is C15H24N2O. The molecule has 3 nitrogen and oxygen atoms in total. The van der Waals surface area contributed by atoms with Crippen LogP contribution in [0.4, 0.5) is 0 Å². The molecule has 1 aromatic rings. The normalized spacial score (nSPS) is 20.3. The Morgan fingerprint density at radius 2 is 2.06 bits per heavy atom. The number of ether oxygens (including phenoxy) is 1. The molecule has 1 fully saturated rings. The second-order valence-electron chi connectivity index (χ2n) is 5.14. The second kappa shape index (κ2) is 6.21. The summed E-state index contributed by atoms with van der Waals surface area (Å²) in [6.07, 6.45) is 2.51. The first-order valence-electron chi connectivity index (χ1n) is 6.85. The molecule has 18 heavy (non-hydrogen) atoms. The zero-order chi connectivity index (χ0) is 13.0. The van der Waals surface area contributed by atoms with Gasteiger partial charge in [0.2, 0.25) is 0 Å². The zero-order valence-corrected chi connectivity index (χ0v) is 11.5. The lowest BCUT2D eigenvalue weighted by Crippen LogP contribution is -2.37. The van der Waals surface area contributed by atoms with Gasteiger partial charge in [0, 0.05) is 19.1 Å². The average molecular weight is 248 g/mol. The Labute approximate surface area is 110 Å². The van der Waals surface area contributed by atoms with Crippen molar-refractivity contribution in [1.29, 1.82) is 0 Å². The number of rotatable bonds is 5. The van der Waals surface area contributed by atoms with E-state index in [0.717, 1.165) is 32.0 Å². The Morgan fingerprint density at radius 1 is 1.33 bits per heavy atom. The third-order valence-electron chi connectivity index (χ3n) is 3.80. The Morgan fingerprint density at radius 3 is 2.72 bits per heavy atom. The number of aryl methyl sites for hydroxylation is 2. The monoisotopic (exact) mass is 248 g/mol. The van der Waals surface area contributed by atoms with Crippen molar-refractivity contribution in [3.8, 4) is 5.75 Å². The van der Waals surface area contributed by atoms with Crippen LogP contribution in [-0.4, -0.2) is 37.2 Å². The highest BCUT2D eigenvalue weighted by Gasteiger charge is 2.22. The van der Waals surface area contributed by atoms with Crippen LogP contribution in [0.5, 0.6) is 5.75 Å². The topological polar surface area (TPSA) is 38.5 Å². The van der Waals surface area contributed by atoms with Gasteiger partial charge in [-0.15, -0.1) is 0 Å². The van der Waals surface area contributed by atoms with E-state index in [9.17, 15) is 0 Å². The first kappa shape index (κ1) is 13.4. The summed E-state index contributed by atoms with van der Waals surface area (Å²) in [5.74, 6) is 1.04. The van der Waals surface area contributed by atoms with Gasteiger partial charge < -0.3 is 10.5 Å². The zero-order valence-electron chi connectivity index (χ0n) is 11.5. The molecule has 0 bridgehead atoms. The maximum Gasteiger partial charge on any atom is 0.125 e. The van der Waals surface area contributed by atoms with Crippen LogP contribution in [-0.2, 0) is 0 Å². The smallest absolute Gasteiger partial charge is 0.125 e. The van der Waals surface area contributed by atoms with E-state index in [-0.39, 0.29) is 0 Å². The SMILES string of the molecule is Cc1cccc(C)c1OCCN1CCCC1CN. The van der Waals surface area contributed by atoms with E-state index < -0.39 is 0 Å². The lowest BCUT2D eigenvalue weighted by Gasteiger charge is -2.23. The summed E-state index contributed by atoms with van der Waals surface area (Å²) in [5, 5.41) is 0. The molecule has 0 radical (unpaired) electrons. The van der Waals surface area contributed by atoms with Gasteiger partial charge in [0.05, 0.1) is 0 Å². The molecule has 3 heteroatoms. The minimum Gasteiger partial charge on any atom is -0.492 e. The van der Waals surface area contributed by atoms with Gasteiger partial charge in [-0.05, 0) is 44.4 Å². The summed E-state index contributed by atoms with van der Waals surface area (Å²) in [5.41, 5.74) is 8.20. The number of hydrogen-bond donors (Lipinski definition) is 1. The number of hydrogen-bond acceptors (Lipinski definition) is 3. The minimum atomic E-state index is 0.562. The predicted octanol–water partition coefficient (Wildman–Crippen LogP) is 2.11. The van der Waals surface area contributed by atoms with E-state index in [2.05, 4.69) is 36.9 Å². The van der Waals surface area contributed by atoms with Crippen LogP contribution in [0.1, 0.15) is 24.0 Å². The van der Waals surface area contributed by atoms with Gasteiger partial charge in [-0.1, -0.05) is 18.2 Å². The molecule has 100 valence electrons. The molecule has 1 aliphatic rings. The van der Waals surface area contributed by atoms with E-state index in [4.69, 9.17) is 10.5 Å². The van der Waals surface area contributed by atoms with Crippen molar-refractivity contribution >= 4 is 0 Å². The number of nitrogens with zero attached hydrogens (tertiary/aromatic N) is 1. The van der Waals surface area contributed by atoms with Gasteiger partial charge in [0.15, 0.2) is 0 Å². The fraction of sp³-hybridized carbons (Fsp3) is 0.600. The average Bonchev–Trinajstić information content (AvgIpc) is 2.80. The van der Waals surface area contributed by atoms with Crippen molar-refractivity contribution in [3.63, 3.8) is 0 Å². The first-order chi connectivity index (χ1) is 8.72. The molecule has 0 aromatic heterocycles. The molecule has 1 atom stereocenters. The maximum atomic E-state index is 5.94. The summed E-state index contributed by atoms with van der Waals surface area (Å²) in [6, 6.07) is 6.83. The molecule has 0 saturated carbocycles. The first-order valence-corrected chi connectivity index (χ1v) is 6.85. The summed E-state index contributed by atoms with van der Waals surface area (Å²) in [7, 11) is 0. The molecule has 1 heterocycles. The van der Waals surface area contributed by atoms with E-state index in [1.54, 1.807) is 0 Å². The third kappa shape index (κ3) is 3.03. The van der Waals surface area contributed by atoms with Crippen LogP contribution in [0.2, 0.25) is 0 Å². The molecule has 2 rings (SSSR count). The van der Waals surface area contributed by atoms with Crippen LogP contribution in [0, 0.1) is 13.8 Å². The lowest BCUT2D eigenvalue weighted by molar-refractivity contribution is 0.198. The van der Waals surface area contributed by atoms with E-state index in [0.29, 0.717) is 6.04 Å². The third-order valence-corrected chi connectivity index (χ3v) is 3.80. The van der Waals surface area contributed by atoms with Crippen molar-refractivity contribution in [1.82, 2.24) is 4.90 Å². The standard InChI is InChI=1S/C15H24N2O/c1-12-5-3-6-13(2)15(12)18-10-9-17-8-4-7-14(17)11-16/h3,5-6,14H,4,7-11,16H2,1-2H3. The van der Waals surface area contributed by atoms with Crippen molar-refractivity contribution in [2.45, 2.75) is 32.7 Å². The highest BCUT2D eigenvalue weighted by Crippen LogP contribution is 2.22. The Hall–Kier alpha value is -1.06. The maximum absolute atomic E-state index is 5.94. The van der Waals surface area contributed by atoms with Crippen molar-refractivity contribution in [2.24, 2.45) is 5.73 Å². The molecule has 1 saturated heterocycles. The van der Waals surface area contributed by atoms with Crippen LogP contribution >= 0.6 is 0 Å². The fourth-order valence-corrected chi connectivity index (χ4v) is 2.75. The van der Waals surface area contributed by atoms with E-state index in [1.165, 1.54) is 24.0 Å². The number of likely N-dealkylation sites (tertiary alicyclic amines) is 1. The van der Waals surface area contributed by atoms with Gasteiger partial charge in [-0.2, -0.15) is 0 Å². The van der Waals surface area contributed by atoms with E-state index in [1.807, 2.05) is 0 Å². The Kier molecular flexibility index (Phi) is 4.61. The van der Waals surface area contributed by atoms with Gasteiger partial charge in [0.1, 0.15) is 12.4 Å². The molecule has 2 N–H and O–H groups in total. The van der Waals surface area contributed by atoms with E-state index >= 15 is 0 Å². The number of para-hydroxylation sites is 1. The highest BCUT2D eigenvalue weighted by atomic mass is 16.5. The fourth-order valence-electron chi connectivity index (χ4n) is 2.75. The molecular weight excluding hydrogens is 224 g/mol. The summed E-state index contributed by atoms with van der Waals surface area (Å²) in [4.78, 5) is 2.45. The van der Waals surface area contributed by atoms with Crippen molar-refractivity contribution in [3.05, 3.63) is 29.3 Å². The van der Waals surface area contributed by atoms with Gasteiger partial charge >= 0.3 is 0 Å². The van der Waals surface area contributed by atoms with Crippen molar-refractivity contribution < 1.29 is 4.74 Å². The second-order valence-corrected chi connectivity index (χ2v) is 5.14. The summed E-state index contributed by atoms with van der Waals surface area (Å²) in [6.45, 7) is 7.86. The van der Waals surface area contributed by atoms with Crippen LogP contribution < -0.4 is 10.5 Å². The minimum absolute atomic E-state index is 0.562. The predicted molar refractivity (Wildman–Crippen MR) is 75.1 cm³/mol.